The molecule has 1 aliphatic rings. The van der Waals surface area contributed by atoms with Gasteiger partial charge >= 0.3 is 5.97 Å². The molecular formula is C21H21Cl2F2NO3. The Kier molecular flexibility index (Phi) is 6.54. The third-order valence-electron chi connectivity index (χ3n) is 5.20. The fourth-order valence-corrected chi connectivity index (χ4v) is 3.76. The first-order chi connectivity index (χ1) is 13.7. The molecule has 0 N–H and O–H groups in total. The Morgan fingerprint density at radius 3 is 2.34 bits per heavy atom. The highest BCUT2D eigenvalue weighted by Gasteiger charge is 2.33. The van der Waals surface area contributed by atoms with Crippen LogP contribution in [0, 0.1) is 17.0 Å². The Bertz CT molecular complexity index is 892. The average Bonchev–Trinajstić information content (AvgIpc) is 2.67. The van der Waals surface area contributed by atoms with Crippen molar-refractivity contribution in [2.75, 3.05) is 31.7 Å². The molecule has 1 aliphatic heterocycles. The van der Waals surface area contributed by atoms with Crippen LogP contribution in [-0.2, 0) is 4.74 Å². The Hall–Kier alpha value is -2.05. The number of carbonyl (C=O) groups is 1. The van der Waals surface area contributed by atoms with Crippen LogP contribution in [0.2, 0.25) is 10.0 Å². The van der Waals surface area contributed by atoms with Crippen molar-refractivity contribution >= 4 is 34.9 Å². The Labute approximate surface area is 178 Å². The van der Waals surface area contributed by atoms with E-state index in [9.17, 15) is 13.6 Å². The number of hydrogen-bond acceptors (Lipinski definition) is 4. The molecular weight excluding hydrogens is 423 g/mol. The lowest BCUT2D eigenvalue weighted by molar-refractivity contribution is 0.0600. The lowest BCUT2D eigenvalue weighted by Gasteiger charge is -2.40. The normalized spacial score (nSPS) is 15.9. The molecule has 2 aromatic rings. The number of hydrogen-bond donors (Lipinski definition) is 0. The van der Waals surface area contributed by atoms with Gasteiger partial charge in [-0.05, 0) is 43.2 Å². The number of halogens is 4. The summed E-state index contributed by atoms with van der Waals surface area (Å²) < 4.78 is 39.0. The number of piperidine rings is 1. The molecule has 1 heterocycles. The zero-order valence-electron chi connectivity index (χ0n) is 16.1. The summed E-state index contributed by atoms with van der Waals surface area (Å²) in [6.45, 7) is 3.44. The first-order valence-corrected chi connectivity index (χ1v) is 9.88. The zero-order valence-corrected chi connectivity index (χ0v) is 17.6. The molecule has 0 atom stereocenters. The maximum atomic E-state index is 14.2. The van der Waals surface area contributed by atoms with Crippen LogP contribution in [0.25, 0.3) is 0 Å². The molecule has 0 bridgehead atoms. The second kappa shape index (κ2) is 8.76. The van der Waals surface area contributed by atoms with Crippen molar-refractivity contribution in [1.29, 1.82) is 0 Å². The van der Waals surface area contributed by atoms with E-state index < -0.39 is 17.6 Å². The van der Waals surface area contributed by atoms with Crippen LogP contribution in [0.3, 0.4) is 0 Å². The Balaban J connectivity index is 1.64. The van der Waals surface area contributed by atoms with E-state index in [0.29, 0.717) is 38.3 Å². The van der Waals surface area contributed by atoms with Gasteiger partial charge in [-0.15, -0.1) is 0 Å². The van der Waals surface area contributed by atoms with E-state index in [-0.39, 0.29) is 26.7 Å². The minimum Gasteiger partial charge on any atom is -0.493 e. The number of benzene rings is 2. The summed E-state index contributed by atoms with van der Waals surface area (Å²) in [5.41, 5.74) is 0.0131. The summed E-state index contributed by atoms with van der Waals surface area (Å²) in [7, 11) is 1.29. The van der Waals surface area contributed by atoms with Gasteiger partial charge in [0.05, 0.1) is 24.3 Å². The van der Waals surface area contributed by atoms with Gasteiger partial charge in [-0.3, -0.25) is 0 Å². The monoisotopic (exact) mass is 443 g/mol. The lowest BCUT2D eigenvalue weighted by atomic mass is 9.81. The SMILES string of the molecule is COC(=O)c1cc(OCC2(C)CCN(c3c(F)cc(Cl)cc3F)CC2)ccc1Cl. The molecule has 2 aromatic carbocycles. The van der Waals surface area contributed by atoms with Gasteiger partial charge in [-0.1, -0.05) is 30.1 Å². The highest BCUT2D eigenvalue weighted by molar-refractivity contribution is 6.33. The molecule has 29 heavy (non-hydrogen) atoms. The van der Waals surface area contributed by atoms with Gasteiger partial charge < -0.3 is 14.4 Å². The second-order valence-corrected chi connectivity index (χ2v) is 8.28. The van der Waals surface area contributed by atoms with Crippen molar-refractivity contribution < 1.29 is 23.0 Å². The predicted octanol–water partition coefficient (Wildman–Crippen LogP) is 5.74. The second-order valence-electron chi connectivity index (χ2n) is 7.44. The van der Waals surface area contributed by atoms with Crippen molar-refractivity contribution in [2.45, 2.75) is 19.8 Å². The van der Waals surface area contributed by atoms with E-state index in [0.717, 1.165) is 12.1 Å². The molecule has 0 spiro atoms. The summed E-state index contributed by atoms with van der Waals surface area (Å²) in [5, 5.41) is 0.323. The smallest absolute Gasteiger partial charge is 0.339 e. The van der Waals surface area contributed by atoms with E-state index >= 15 is 0 Å². The van der Waals surface area contributed by atoms with Crippen molar-refractivity contribution in [3.05, 3.63) is 57.6 Å². The van der Waals surface area contributed by atoms with E-state index in [1.54, 1.807) is 23.1 Å². The summed E-state index contributed by atoms with van der Waals surface area (Å²) in [6, 6.07) is 7.06. The fourth-order valence-electron chi connectivity index (χ4n) is 3.37. The first kappa shape index (κ1) is 21.7. The molecule has 8 heteroatoms. The van der Waals surface area contributed by atoms with Crippen molar-refractivity contribution in [3.8, 4) is 5.75 Å². The van der Waals surface area contributed by atoms with E-state index in [1.807, 2.05) is 0 Å². The number of methoxy groups -OCH3 is 1. The molecule has 0 aliphatic carbocycles. The highest BCUT2D eigenvalue weighted by Crippen LogP contribution is 2.36. The summed E-state index contributed by atoms with van der Waals surface area (Å²) >= 11 is 11.7. The quantitative estimate of drug-likeness (QED) is 0.551. The number of nitrogens with zero attached hydrogens (tertiary/aromatic N) is 1. The standard InChI is InChI=1S/C21H21Cl2F2NO3/c1-21(12-29-14-3-4-16(23)15(11-14)20(27)28-2)5-7-26(8-6-21)19-17(24)9-13(22)10-18(19)25/h3-4,9-11H,5-8,12H2,1-2H3. The van der Waals surface area contributed by atoms with Crippen LogP contribution in [0.4, 0.5) is 14.5 Å². The van der Waals surface area contributed by atoms with Gasteiger partial charge in [0, 0.05) is 23.5 Å². The number of esters is 1. The molecule has 0 amide bonds. The third-order valence-corrected chi connectivity index (χ3v) is 5.75. The molecule has 1 fully saturated rings. The van der Waals surface area contributed by atoms with Crippen LogP contribution in [0.1, 0.15) is 30.1 Å². The maximum absolute atomic E-state index is 14.2. The van der Waals surface area contributed by atoms with Crippen molar-refractivity contribution in [3.63, 3.8) is 0 Å². The third kappa shape index (κ3) is 4.93. The molecule has 1 saturated heterocycles. The molecule has 156 valence electrons. The van der Waals surface area contributed by atoms with Crippen LogP contribution in [-0.4, -0.2) is 32.8 Å². The van der Waals surface area contributed by atoms with E-state index in [4.69, 9.17) is 32.7 Å². The first-order valence-electron chi connectivity index (χ1n) is 9.12. The number of anilines is 1. The zero-order chi connectivity index (χ0) is 21.2. The van der Waals surface area contributed by atoms with Gasteiger partial charge in [0.25, 0.3) is 0 Å². The molecule has 0 aromatic heterocycles. The fraction of sp³-hybridized carbons (Fsp3) is 0.381. The summed E-state index contributed by atoms with van der Waals surface area (Å²) in [6.07, 6.45) is 1.37. The van der Waals surface area contributed by atoms with Crippen LogP contribution in [0.15, 0.2) is 30.3 Å². The van der Waals surface area contributed by atoms with Gasteiger partial charge in [0.1, 0.15) is 11.4 Å². The minimum atomic E-state index is -0.661. The van der Waals surface area contributed by atoms with Crippen LogP contribution < -0.4 is 9.64 Å². The average molecular weight is 444 g/mol. The lowest BCUT2D eigenvalue weighted by Crippen LogP contribution is -2.42. The molecule has 4 nitrogen and oxygen atoms in total. The van der Waals surface area contributed by atoms with E-state index in [2.05, 4.69) is 6.92 Å². The highest BCUT2D eigenvalue weighted by atomic mass is 35.5. The Morgan fingerprint density at radius 2 is 1.76 bits per heavy atom. The van der Waals surface area contributed by atoms with Crippen LogP contribution in [0.5, 0.6) is 5.75 Å². The molecule has 0 radical (unpaired) electrons. The number of ether oxygens (including phenoxy) is 2. The van der Waals surface area contributed by atoms with Crippen molar-refractivity contribution in [1.82, 2.24) is 0 Å². The molecule has 0 saturated carbocycles. The van der Waals surface area contributed by atoms with E-state index in [1.165, 1.54) is 7.11 Å². The summed E-state index contributed by atoms with van der Waals surface area (Å²) in [4.78, 5) is 13.5. The topological polar surface area (TPSA) is 38.8 Å². The van der Waals surface area contributed by atoms with Gasteiger partial charge in [0.15, 0.2) is 11.6 Å². The number of carbonyl (C=O) groups excluding carboxylic acids is 1. The van der Waals surface area contributed by atoms with Gasteiger partial charge in [0.2, 0.25) is 0 Å². The Morgan fingerprint density at radius 1 is 1.14 bits per heavy atom. The maximum Gasteiger partial charge on any atom is 0.339 e. The largest absolute Gasteiger partial charge is 0.493 e. The van der Waals surface area contributed by atoms with Crippen molar-refractivity contribution in [2.24, 2.45) is 5.41 Å². The van der Waals surface area contributed by atoms with Gasteiger partial charge in [-0.2, -0.15) is 0 Å². The number of rotatable bonds is 5. The molecule has 0 unspecified atom stereocenters. The predicted molar refractivity (Wildman–Crippen MR) is 109 cm³/mol. The molecule has 3 rings (SSSR count). The summed E-state index contributed by atoms with van der Waals surface area (Å²) in [5.74, 6) is -1.35. The van der Waals surface area contributed by atoms with Gasteiger partial charge in [-0.25, -0.2) is 13.6 Å². The van der Waals surface area contributed by atoms with Crippen LogP contribution >= 0.6 is 23.2 Å². The minimum absolute atomic E-state index is 0.0355.